The minimum atomic E-state index is 0.192. The average molecular weight is 396 g/mol. The summed E-state index contributed by atoms with van der Waals surface area (Å²) in [6.07, 6.45) is 1.96. The van der Waals surface area contributed by atoms with Crippen LogP contribution in [0.3, 0.4) is 0 Å². The monoisotopic (exact) mass is 395 g/mol. The number of quaternary nitrogens is 1. The Morgan fingerprint density at radius 2 is 1.72 bits per heavy atom. The SMILES string of the molecule is O=C(C1CC[NH+](Cc2cccc(OCc3ccccc3)c2)CC1)N1CCOCC1. The van der Waals surface area contributed by atoms with Crippen molar-refractivity contribution >= 4 is 5.91 Å². The van der Waals surface area contributed by atoms with Gasteiger partial charge in [0.05, 0.1) is 26.3 Å². The number of carbonyl (C=O) groups is 1. The standard InChI is InChI=1S/C24H30N2O3/c27-24(26-13-15-28-16-14-26)22-9-11-25(12-10-22)18-21-7-4-8-23(17-21)29-19-20-5-2-1-3-6-20/h1-8,17,22H,9-16,18-19H2/p+1. The van der Waals surface area contributed by atoms with Gasteiger partial charge in [0.1, 0.15) is 18.9 Å². The van der Waals surface area contributed by atoms with Crippen LogP contribution in [0.5, 0.6) is 5.75 Å². The molecule has 29 heavy (non-hydrogen) atoms. The van der Waals surface area contributed by atoms with E-state index in [-0.39, 0.29) is 5.92 Å². The summed E-state index contributed by atoms with van der Waals surface area (Å²) in [5.74, 6) is 1.45. The minimum absolute atomic E-state index is 0.192. The Kier molecular flexibility index (Phi) is 6.80. The van der Waals surface area contributed by atoms with E-state index in [1.54, 1.807) is 4.90 Å². The number of rotatable bonds is 6. The first-order valence-corrected chi connectivity index (χ1v) is 10.7. The van der Waals surface area contributed by atoms with Gasteiger partial charge < -0.3 is 19.3 Å². The number of piperidine rings is 1. The smallest absolute Gasteiger partial charge is 0.226 e. The fourth-order valence-corrected chi connectivity index (χ4v) is 4.27. The van der Waals surface area contributed by atoms with Crippen molar-refractivity contribution < 1.29 is 19.2 Å². The van der Waals surface area contributed by atoms with Gasteiger partial charge in [-0.05, 0) is 17.7 Å². The highest BCUT2D eigenvalue weighted by molar-refractivity contribution is 5.79. The minimum Gasteiger partial charge on any atom is -0.489 e. The van der Waals surface area contributed by atoms with Crippen molar-refractivity contribution in [2.45, 2.75) is 26.0 Å². The summed E-state index contributed by atoms with van der Waals surface area (Å²) >= 11 is 0. The Bertz CT molecular complexity index is 782. The van der Waals surface area contributed by atoms with Gasteiger partial charge in [-0.2, -0.15) is 0 Å². The molecule has 2 fully saturated rings. The average Bonchev–Trinajstić information content (AvgIpc) is 2.79. The fourth-order valence-electron chi connectivity index (χ4n) is 4.27. The van der Waals surface area contributed by atoms with Crippen LogP contribution in [0.15, 0.2) is 54.6 Å². The summed E-state index contributed by atoms with van der Waals surface area (Å²) < 4.78 is 11.3. The van der Waals surface area contributed by atoms with Crippen molar-refractivity contribution in [1.29, 1.82) is 0 Å². The van der Waals surface area contributed by atoms with Crippen LogP contribution in [0.2, 0.25) is 0 Å². The van der Waals surface area contributed by atoms with Crippen LogP contribution in [0.1, 0.15) is 24.0 Å². The highest BCUT2D eigenvalue weighted by atomic mass is 16.5. The second-order valence-electron chi connectivity index (χ2n) is 8.06. The number of hydrogen-bond acceptors (Lipinski definition) is 3. The molecule has 2 aromatic carbocycles. The molecule has 5 heteroatoms. The van der Waals surface area contributed by atoms with E-state index in [0.717, 1.165) is 51.3 Å². The molecule has 0 spiro atoms. The third kappa shape index (κ3) is 5.58. The normalized spacial score (nSPS) is 22.3. The predicted octanol–water partition coefficient (Wildman–Crippen LogP) is 1.92. The molecule has 2 aliphatic rings. The second-order valence-corrected chi connectivity index (χ2v) is 8.06. The number of ether oxygens (including phenoxy) is 2. The summed E-state index contributed by atoms with van der Waals surface area (Å²) in [7, 11) is 0. The highest BCUT2D eigenvalue weighted by Gasteiger charge is 2.31. The van der Waals surface area contributed by atoms with Crippen LogP contribution in [-0.4, -0.2) is 50.2 Å². The summed E-state index contributed by atoms with van der Waals surface area (Å²) in [6.45, 7) is 6.54. The van der Waals surface area contributed by atoms with Gasteiger partial charge in [0.2, 0.25) is 5.91 Å². The number of nitrogens with zero attached hydrogens (tertiary/aromatic N) is 1. The molecular formula is C24H31N2O3+. The van der Waals surface area contributed by atoms with Crippen LogP contribution in [0.25, 0.3) is 0 Å². The van der Waals surface area contributed by atoms with Crippen molar-refractivity contribution in [2.24, 2.45) is 5.92 Å². The molecule has 0 saturated carbocycles. The molecule has 2 aromatic rings. The number of hydrogen-bond donors (Lipinski definition) is 1. The maximum atomic E-state index is 12.7. The second kappa shape index (κ2) is 9.90. The van der Waals surface area contributed by atoms with Crippen LogP contribution in [-0.2, 0) is 22.7 Å². The number of morpholine rings is 1. The van der Waals surface area contributed by atoms with E-state index in [0.29, 0.717) is 25.7 Å². The number of amides is 1. The number of nitrogens with one attached hydrogen (secondary N) is 1. The molecule has 0 radical (unpaired) electrons. The van der Waals surface area contributed by atoms with E-state index < -0.39 is 0 Å². The quantitative estimate of drug-likeness (QED) is 0.813. The number of likely N-dealkylation sites (tertiary alicyclic amines) is 1. The molecule has 2 aliphatic heterocycles. The first kappa shape index (κ1) is 19.9. The molecule has 0 unspecified atom stereocenters. The Labute approximate surface area is 173 Å². The van der Waals surface area contributed by atoms with Crippen LogP contribution in [0, 0.1) is 5.92 Å². The molecule has 1 N–H and O–H groups in total. The Hall–Kier alpha value is -2.37. The topological polar surface area (TPSA) is 43.2 Å². The maximum Gasteiger partial charge on any atom is 0.226 e. The Balaban J connectivity index is 1.25. The van der Waals surface area contributed by atoms with E-state index >= 15 is 0 Å². The van der Waals surface area contributed by atoms with Crippen LogP contribution < -0.4 is 9.64 Å². The Morgan fingerprint density at radius 3 is 2.48 bits per heavy atom. The first-order valence-electron chi connectivity index (χ1n) is 10.7. The van der Waals surface area contributed by atoms with Gasteiger partial charge in [0.25, 0.3) is 0 Å². The lowest BCUT2D eigenvalue weighted by Gasteiger charge is -2.34. The van der Waals surface area contributed by atoms with E-state index in [4.69, 9.17) is 9.47 Å². The first-order chi connectivity index (χ1) is 14.3. The molecule has 0 atom stereocenters. The molecule has 0 aromatic heterocycles. The zero-order valence-corrected chi connectivity index (χ0v) is 17.0. The van der Waals surface area contributed by atoms with Crippen molar-refractivity contribution in [3.8, 4) is 5.75 Å². The van der Waals surface area contributed by atoms with E-state index in [1.165, 1.54) is 11.1 Å². The molecule has 4 rings (SSSR count). The molecule has 0 aliphatic carbocycles. The predicted molar refractivity (Wildman–Crippen MR) is 112 cm³/mol. The highest BCUT2D eigenvalue weighted by Crippen LogP contribution is 2.17. The molecule has 2 heterocycles. The number of carbonyl (C=O) groups excluding carboxylic acids is 1. The van der Waals surface area contributed by atoms with E-state index in [1.807, 2.05) is 29.2 Å². The summed E-state index contributed by atoms with van der Waals surface area (Å²) in [6, 6.07) is 18.7. The summed E-state index contributed by atoms with van der Waals surface area (Å²) in [5.41, 5.74) is 2.47. The van der Waals surface area contributed by atoms with Crippen LogP contribution in [0.4, 0.5) is 0 Å². The van der Waals surface area contributed by atoms with Gasteiger partial charge in [-0.15, -0.1) is 0 Å². The van der Waals surface area contributed by atoms with E-state index in [9.17, 15) is 4.79 Å². The van der Waals surface area contributed by atoms with Gasteiger partial charge in [-0.25, -0.2) is 0 Å². The lowest BCUT2D eigenvalue weighted by Crippen LogP contribution is -3.11. The van der Waals surface area contributed by atoms with Gasteiger partial charge in [0.15, 0.2) is 0 Å². The largest absolute Gasteiger partial charge is 0.489 e. The molecule has 154 valence electrons. The van der Waals surface area contributed by atoms with Crippen molar-refractivity contribution in [3.05, 3.63) is 65.7 Å². The number of benzene rings is 2. The summed E-state index contributed by atoms with van der Waals surface area (Å²) in [4.78, 5) is 16.2. The van der Waals surface area contributed by atoms with Crippen molar-refractivity contribution in [1.82, 2.24) is 4.90 Å². The third-order valence-electron chi connectivity index (χ3n) is 5.97. The molecule has 5 nitrogen and oxygen atoms in total. The summed E-state index contributed by atoms with van der Waals surface area (Å²) in [5, 5.41) is 0. The van der Waals surface area contributed by atoms with E-state index in [2.05, 4.69) is 30.3 Å². The zero-order chi connectivity index (χ0) is 19.9. The molecule has 1 amide bonds. The lowest BCUT2D eigenvalue weighted by atomic mass is 9.94. The van der Waals surface area contributed by atoms with Gasteiger partial charge in [0, 0.05) is 37.4 Å². The van der Waals surface area contributed by atoms with Crippen molar-refractivity contribution in [2.75, 3.05) is 39.4 Å². The van der Waals surface area contributed by atoms with Gasteiger partial charge >= 0.3 is 0 Å². The molecular weight excluding hydrogens is 364 g/mol. The van der Waals surface area contributed by atoms with Crippen molar-refractivity contribution in [3.63, 3.8) is 0 Å². The Morgan fingerprint density at radius 1 is 1.00 bits per heavy atom. The van der Waals surface area contributed by atoms with Gasteiger partial charge in [-0.1, -0.05) is 42.5 Å². The molecule has 2 saturated heterocycles. The maximum absolute atomic E-state index is 12.7. The lowest BCUT2D eigenvalue weighted by molar-refractivity contribution is -0.919. The third-order valence-corrected chi connectivity index (χ3v) is 5.97. The van der Waals surface area contributed by atoms with Gasteiger partial charge in [-0.3, -0.25) is 4.79 Å². The fraction of sp³-hybridized carbons (Fsp3) is 0.458. The zero-order valence-electron chi connectivity index (χ0n) is 17.0. The molecule has 0 bridgehead atoms. The van der Waals surface area contributed by atoms with Crippen LogP contribution >= 0.6 is 0 Å².